The summed E-state index contributed by atoms with van der Waals surface area (Å²) >= 11 is 0. The highest BCUT2D eigenvalue weighted by molar-refractivity contribution is 5.91. The zero-order chi connectivity index (χ0) is 15.0. The van der Waals surface area contributed by atoms with E-state index in [1.807, 2.05) is 18.3 Å². The average molecular weight is 288 g/mol. The monoisotopic (exact) mass is 288 g/mol. The first kappa shape index (κ1) is 13.9. The summed E-state index contributed by atoms with van der Waals surface area (Å²) in [5, 5.41) is 0. The number of imidazole rings is 1. The Labute approximate surface area is 124 Å². The normalized spacial score (nSPS) is 18.5. The van der Waals surface area contributed by atoms with Crippen LogP contribution in [0, 0.1) is 0 Å². The number of furan rings is 1. The molecule has 0 fully saturated rings. The first-order chi connectivity index (χ1) is 10.1. The molecule has 3 heterocycles. The van der Waals surface area contributed by atoms with Crippen molar-refractivity contribution in [2.75, 3.05) is 20.6 Å². The second-order valence-electron chi connectivity index (χ2n) is 5.60. The van der Waals surface area contributed by atoms with Gasteiger partial charge in [-0.25, -0.2) is 4.98 Å². The molecule has 0 saturated heterocycles. The molecule has 3 rings (SSSR count). The molecule has 21 heavy (non-hydrogen) atoms. The Morgan fingerprint density at radius 2 is 2.29 bits per heavy atom. The molecular weight excluding hydrogens is 268 g/mol. The predicted octanol–water partition coefficient (Wildman–Crippen LogP) is 1.75. The molecule has 0 N–H and O–H groups in total. The number of aromatic nitrogens is 2. The molecular formula is C15H20N4O2. The van der Waals surface area contributed by atoms with Crippen molar-refractivity contribution in [3.8, 4) is 0 Å². The molecule has 1 aliphatic rings. The fraction of sp³-hybridized carbons (Fsp3) is 0.467. The number of amides is 1. The van der Waals surface area contributed by atoms with Gasteiger partial charge in [0.15, 0.2) is 0 Å². The largest absolute Gasteiger partial charge is 0.468 e. The molecule has 112 valence electrons. The van der Waals surface area contributed by atoms with Gasteiger partial charge in [0.05, 0.1) is 18.8 Å². The van der Waals surface area contributed by atoms with Crippen LogP contribution in [0.15, 0.2) is 29.0 Å². The van der Waals surface area contributed by atoms with Crippen LogP contribution in [0.4, 0.5) is 0 Å². The van der Waals surface area contributed by atoms with Crippen LogP contribution in [0.2, 0.25) is 0 Å². The van der Waals surface area contributed by atoms with Gasteiger partial charge in [0.2, 0.25) is 0 Å². The zero-order valence-corrected chi connectivity index (χ0v) is 12.6. The lowest BCUT2D eigenvalue weighted by molar-refractivity contribution is 0.0822. The van der Waals surface area contributed by atoms with Crippen LogP contribution in [0.3, 0.4) is 0 Å². The third-order valence-electron chi connectivity index (χ3n) is 3.92. The summed E-state index contributed by atoms with van der Waals surface area (Å²) < 4.78 is 7.50. The van der Waals surface area contributed by atoms with Gasteiger partial charge in [-0.2, -0.15) is 0 Å². The van der Waals surface area contributed by atoms with Gasteiger partial charge in [-0.1, -0.05) is 0 Å². The van der Waals surface area contributed by atoms with Crippen LogP contribution >= 0.6 is 0 Å². The Kier molecular flexibility index (Phi) is 3.55. The summed E-state index contributed by atoms with van der Waals surface area (Å²) in [6.07, 6.45) is 3.55. The minimum Gasteiger partial charge on any atom is -0.468 e. The Morgan fingerprint density at radius 3 is 2.95 bits per heavy atom. The Morgan fingerprint density at radius 1 is 1.48 bits per heavy atom. The third-order valence-corrected chi connectivity index (χ3v) is 3.92. The van der Waals surface area contributed by atoms with E-state index in [0.717, 1.165) is 31.2 Å². The van der Waals surface area contributed by atoms with Crippen molar-refractivity contribution in [1.29, 1.82) is 0 Å². The topological polar surface area (TPSA) is 54.5 Å². The Balaban J connectivity index is 1.81. The molecule has 0 spiro atoms. The molecule has 0 radical (unpaired) electrons. The van der Waals surface area contributed by atoms with E-state index in [2.05, 4.69) is 21.4 Å². The van der Waals surface area contributed by atoms with Crippen LogP contribution in [0.25, 0.3) is 0 Å². The minimum absolute atomic E-state index is 0.0540. The smallest absolute Gasteiger partial charge is 0.273 e. The molecule has 1 aliphatic heterocycles. The van der Waals surface area contributed by atoms with Crippen LogP contribution in [0.5, 0.6) is 0 Å². The van der Waals surface area contributed by atoms with E-state index >= 15 is 0 Å². The number of carbonyl (C=O) groups excluding carboxylic acids is 1. The number of rotatable bonds is 3. The van der Waals surface area contributed by atoms with Gasteiger partial charge in [0, 0.05) is 33.4 Å². The molecule has 1 atom stereocenters. The molecule has 6 nitrogen and oxygen atoms in total. The van der Waals surface area contributed by atoms with Crippen LogP contribution < -0.4 is 0 Å². The highest BCUT2D eigenvalue weighted by atomic mass is 16.3. The lowest BCUT2D eigenvalue weighted by Gasteiger charge is -2.32. The molecule has 0 aliphatic carbocycles. The number of nitrogens with zero attached hydrogens (tertiary/aromatic N) is 4. The van der Waals surface area contributed by atoms with Gasteiger partial charge in [-0.15, -0.1) is 0 Å². The van der Waals surface area contributed by atoms with E-state index in [4.69, 9.17) is 4.42 Å². The summed E-state index contributed by atoms with van der Waals surface area (Å²) in [6.45, 7) is 4.64. The van der Waals surface area contributed by atoms with E-state index in [-0.39, 0.29) is 11.9 Å². The van der Waals surface area contributed by atoms with Gasteiger partial charge < -0.3 is 13.9 Å². The molecule has 0 saturated carbocycles. The van der Waals surface area contributed by atoms with Crippen molar-refractivity contribution in [3.63, 3.8) is 0 Å². The van der Waals surface area contributed by atoms with Gasteiger partial charge in [0.25, 0.3) is 5.91 Å². The van der Waals surface area contributed by atoms with Crippen molar-refractivity contribution < 1.29 is 9.21 Å². The van der Waals surface area contributed by atoms with Crippen molar-refractivity contribution >= 4 is 5.91 Å². The maximum Gasteiger partial charge on any atom is 0.273 e. The lowest BCUT2D eigenvalue weighted by Crippen LogP contribution is -2.36. The zero-order valence-electron chi connectivity index (χ0n) is 12.6. The van der Waals surface area contributed by atoms with E-state index in [1.54, 1.807) is 25.3 Å². The summed E-state index contributed by atoms with van der Waals surface area (Å²) in [4.78, 5) is 20.4. The van der Waals surface area contributed by atoms with Crippen LogP contribution in [0.1, 0.15) is 35.0 Å². The number of fused-ring (bicyclic) bond motifs is 1. The first-order valence-electron chi connectivity index (χ1n) is 7.11. The third kappa shape index (κ3) is 2.58. The number of hydrogen-bond donors (Lipinski definition) is 0. The second-order valence-corrected chi connectivity index (χ2v) is 5.60. The lowest BCUT2D eigenvalue weighted by atomic mass is 10.2. The van der Waals surface area contributed by atoms with Crippen molar-refractivity contribution in [2.45, 2.75) is 26.1 Å². The van der Waals surface area contributed by atoms with Gasteiger partial charge in [-0.3, -0.25) is 9.69 Å². The fourth-order valence-corrected chi connectivity index (χ4v) is 2.69. The summed E-state index contributed by atoms with van der Waals surface area (Å²) in [5.74, 6) is 1.84. The molecule has 0 aromatic carbocycles. The Bertz CT molecular complexity index is 630. The average Bonchev–Trinajstić information content (AvgIpc) is 3.10. The van der Waals surface area contributed by atoms with Crippen molar-refractivity contribution in [1.82, 2.24) is 19.4 Å². The highest BCUT2D eigenvalue weighted by Gasteiger charge is 2.28. The van der Waals surface area contributed by atoms with Crippen LogP contribution in [-0.2, 0) is 13.1 Å². The van der Waals surface area contributed by atoms with Gasteiger partial charge in [-0.05, 0) is 19.1 Å². The van der Waals surface area contributed by atoms with Crippen LogP contribution in [-0.4, -0.2) is 45.9 Å². The highest BCUT2D eigenvalue weighted by Crippen LogP contribution is 2.26. The molecule has 6 heteroatoms. The SMILES string of the molecule is C[C@H]1c2nc(C(=O)N(C)C)cn2CCN1Cc1ccco1. The quantitative estimate of drug-likeness (QED) is 0.863. The second kappa shape index (κ2) is 5.37. The van der Waals surface area contributed by atoms with E-state index in [0.29, 0.717) is 5.69 Å². The molecule has 2 aromatic heterocycles. The van der Waals surface area contributed by atoms with Gasteiger partial charge in [0.1, 0.15) is 17.3 Å². The molecule has 1 amide bonds. The summed E-state index contributed by atoms with van der Waals surface area (Å²) in [5.41, 5.74) is 0.515. The molecule has 0 bridgehead atoms. The standard InChI is InChI=1S/C15H20N4O2/c1-11-14-16-13(15(20)17(2)3)10-19(14)7-6-18(11)9-12-5-4-8-21-12/h4-5,8,10-11H,6-7,9H2,1-3H3/t11-/m0/s1. The summed E-state index contributed by atoms with van der Waals surface area (Å²) in [6, 6.07) is 4.04. The van der Waals surface area contributed by atoms with Gasteiger partial charge >= 0.3 is 0 Å². The summed E-state index contributed by atoms with van der Waals surface area (Å²) in [7, 11) is 3.49. The molecule has 2 aromatic rings. The fourth-order valence-electron chi connectivity index (χ4n) is 2.69. The predicted molar refractivity (Wildman–Crippen MR) is 77.8 cm³/mol. The number of hydrogen-bond acceptors (Lipinski definition) is 4. The maximum atomic E-state index is 12.0. The first-order valence-corrected chi connectivity index (χ1v) is 7.11. The van der Waals surface area contributed by atoms with E-state index in [1.165, 1.54) is 0 Å². The number of carbonyl (C=O) groups is 1. The van der Waals surface area contributed by atoms with E-state index < -0.39 is 0 Å². The molecule has 0 unspecified atom stereocenters. The van der Waals surface area contributed by atoms with Crippen molar-refractivity contribution in [3.05, 3.63) is 41.9 Å². The Hall–Kier alpha value is -2.08. The van der Waals surface area contributed by atoms with Crippen molar-refractivity contribution in [2.24, 2.45) is 0 Å². The minimum atomic E-state index is -0.0540. The van der Waals surface area contributed by atoms with E-state index in [9.17, 15) is 4.79 Å². The maximum absolute atomic E-state index is 12.0.